The summed E-state index contributed by atoms with van der Waals surface area (Å²) in [7, 11) is 0. The van der Waals surface area contributed by atoms with Crippen molar-refractivity contribution in [1.29, 1.82) is 0 Å². The minimum absolute atomic E-state index is 0.191. The molecule has 7 aromatic carbocycles. The standard InChI is InChI=1S/C34H8F10N4.8C2HF3O2/c35-23-21(24(36)28(40)31(43)27(23)39)33-45-13-5-1-9-10-2-6-15-20-16(48-34(47-15)22-25(37)29(41)32(44)30(42)26(22)38)8-4-12(18(10)20)11-3-7-14(46-33)19(13)17(9)11;8*3-2(4,5)1(6)7/h1-8H;8*(H,6,7). The van der Waals surface area contributed by atoms with Gasteiger partial charge >= 0.3 is 96.9 Å². The van der Waals surface area contributed by atoms with Crippen molar-refractivity contribution in [3.63, 3.8) is 0 Å². The number of aromatic nitrogens is 4. The van der Waals surface area contributed by atoms with E-state index >= 15 is 0 Å². The number of aromatic amines is 2. The fraction of sp³-hybridized carbons (Fsp3) is 0.160. The van der Waals surface area contributed by atoms with Crippen LogP contribution in [0.2, 0.25) is 0 Å². The molecule has 2 aromatic heterocycles. The highest BCUT2D eigenvalue weighted by molar-refractivity contribution is 6.38. The maximum Gasteiger partial charge on any atom is 0.490 e. The third kappa shape index (κ3) is 23.1. The van der Waals surface area contributed by atoms with Crippen LogP contribution in [0.3, 0.4) is 0 Å². The third-order valence-corrected chi connectivity index (χ3v) is 10.6. The molecule has 9 rings (SSSR count). The predicted molar refractivity (Wildman–Crippen MR) is 257 cm³/mol. The highest BCUT2D eigenvalue weighted by Gasteiger charge is 2.43. The van der Waals surface area contributed by atoms with Gasteiger partial charge in [-0.25, -0.2) is 82.6 Å². The van der Waals surface area contributed by atoms with E-state index in [-0.39, 0.29) is 22.1 Å². The number of carbonyl (C=O) groups is 8. The Balaban J connectivity index is 0.000000777. The van der Waals surface area contributed by atoms with Crippen LogP contribution in [0.15, 0.2) is 48.5 Å². The van der Waals surface area contributed by atoms with Crippen LogP contribution in [0.4, 0.5) is 149 Å². The third-order valence-electron chi connectivity index (χ3n) is 10.6. The maximum absolute atomic E-state index is 14.7. The summed E-state index contributed by atoms with van der Waals surface area (Å²) in [5.41, 5.74) is -1.48. The van der Waals surface area contributed by atoms with Crippen LogP contribution in [-0.2, 0) is 38.4 Å². The van der Waals surface area contributed by atoms with E-state index in [1.54, 1.807) is 36.4 Å². The molecule has 0 fully saturated rings. The highest BCUT2D eigenvalue weighted by Crippen LogP contribution is 2.45. The zero-order valence-electron chi connectivity index (χ0n) is 47.1. The first-order valence-corrected chi connectivity index (χ1v) is 23.8. The molecular formula is C50H16F34N4O16. The summed E-state index contributed by atoms with van der Waals surface area (Å²) < 4.78 is 396. The Kier molecular flexibility index (Phi) is 28.5. The number of H-pyrrole nitrogens is 2. The molecule has 0 radical (unpaired) electrons. The molecule has 0 bridgehead atoms. The SMILES string of the molecule is Fc1c(F)c(F)c(-c2nc3ccc4c5ccc6[nH+]c(-c7c(F)c(F)c(F)c(F)c7F)nc7ccc(c8ccc([nH+]2)c3c48)c5c76)c(F)c1F.O=C(O)C(F)(F)F.O=C(O)C(F)(F)F.O=C(O)C(F)(F)F.O=C(O)C(F)(F)F.O=C(O)C(F)(F)F.O=C(O)C(F)(F)F.O=C([O-])C(F)(F)F.O=C([O-])C(F)(F)F. The van der Waals surface area contributed by atoms with Crippen molar-refractivity contribution in [2.75, 3.05) is 0 Å². The molecule has 0 atom stereocenters. The Bertz CT molecular complexity index is 4060. The summed E-state index contributed by atoms with van der Waals surface area (Å²) in [6, 6.07) is 12.9. The predicted octanol–water partition coefficient (Wildman–Crippen LogP) is 11.0. The largest absolute Gasteiger partial charge is 0.542 e. The van der Waals surface area contributed by atoms with Crippen LogP contribution in [0.5, 0.6) is 0 Å². The molecule has 104 heavy (non-hydrogen) atoms. The van der Waals surface area contributed by atoms with Crippen LogP contribution in [0, 0.1) is 58.2 Å². The molecule has 570 valence electrons. The van der Waals surface area contributed by atoms with Gasteiger partial charge in [-0.1, -0.05) is 0 Å². The van der Waals surface area contributed by atoms with Crippen LogP contribution < -0.4 is 20.2 Å². The number of benzene rings is 7. The Morgan fingerprint density at radius 2 is 0.423 bits per heavy atom. The number of halogens is 34. The molecule has 2 heterocycles. The van der Waals surface area contributed by atoms with E-state index in [9.17, 15) is 149 Å². The average Bonchev–Trinajstić information content (AvgIpc) is 0.698. The zero-order valence-corrected chi connectivity index (χ0v) is 47.1. The van der Waals surface area contributed by atoms with E-state index in [1.165, 1.54) is 12.1 Å². The first-order valence-electron chi connectivity index (χ1n) is 23.8. The van der Waals surface area contributed by atoms with Gasteiger partial charge in [-0.05, 0) is 80.0 Å². The number of hydrogen-bond donors (Lipinski definition) is 6. The van der Waals surface area contributed by atoms with Crippen LogP contribution in [0.1, 0.15) is 0 Å². The number of carbonyl (C=O) groups excluding carboxylic acids is 2. The average molecular weight is 1570 g/mol. The zero-order chi connectivity index (χ0) is 82.1. The van der Waals surface area contributed by atoms with Crippen molar-refractivity contribution in [3.05, 3.63) is 107 Å². The molecule has 20 nitrogen and oxygen atoms in total. The summed E-state index contributed by atoms with van der Waals surface area (Å²) >= 11 is 0. The Labute approximate surface area is 540 Å². The summed E-state index contributed by atoms with van der Waals surface area (Å²) in [6.07, 6.45) is -40.9. The van der Waals surface area contributed by atoms with Gasteiger partial charge < -0.3 is 50.4 Å². The topological polar surface area (TPSA) is 358 Å². The summed E-state index contributed by atoms with van der Waals surface area (Å²) in [5.74, 6) is -44.9. The van der Waals surface area contributed by atoms with Gasteiger partial charge in [0.1, 0.15) is 34.1 Å². The second-order valence-corrected chi connectivity index (χ2v) is 17.5. The quantitative estimate of drug-likeness (QED) is 0.0308. The van der Waals surface area contributed by atoms with Gasteiger partial charge in [-0.3, -0.25) is 0 Å². The van der Waals surface area contributed by atoms with Gasteiger partial charge in [0, 0.05) is 10.8 Å². The lowest BCUT2D eigenvalue weighted by atomic mass is 9.88. The van der Waals surface area contributed by atoms with Gasteiger partial charge in [0.25, 0.3) is 0 Å². The van der Waals surface area contributed by atoms with E-state index in [0.717, 1.165) is 0 Å². The van der Waals surface area contributed by atoms with E-state index in [1.807, 2.05) is 0 Å². The number of nitrogens with zero attached hydrogens (tertiary/aromatic N) is 2. The Hall–Kier alpha value is -11.8. The lowest BCUT2D eigenvalue weighted by Gasteiger charge is -2.15. The van der Waals surface area contributed by atoms with Crippen molar-refractivity contribution < 1.29 is 238 Å². The second kappa shape index (κ2) is 32.9. The fourth-order valence-corrected chi connectivity index (χ4v) is 6.66. The van der Waals surface area contributed by atoms with Crippen molar-refractivity contribution in [2.24, 2.45) is 0 Å². The molecule has 0 spiro atoms. The number of alkyl halides is 24. The molecule has 0 aliphatic carbocycles. The second-order valence-electron chi connectivity index (χ2n) is 17.5. The van der Waals surface area contributed by atoms with E-state index < -0.39 is 178 Å². The molecule has 0 saturated heterocycles. The van der Waals surface area contributed by atoms with Gasteiger partial charge in [-0.2, -0.15) is 105 Å². The summed E-state index contributed by atoms with van der Waals surface area (Å²) in [4.78, 5) is 84.8. The van der Waals surface area contributed by atoms with E-state index in [4.69, 9.17) is 79.2 Å². The number of fused-ring (bicyclic) bond motifs is 2. The number of nitrogens with one attached hydrogen (secondary N) is 2. The van der Waals surface area contributed by atoms with Crippen LogP contribution >= 0.6 is 0 Å². The number of rotatable bonds is 2. The van der Waals surface area contributed by atoms with E-state index in [0.29, 0.717) is 43.1 Å². The van der Waals surface area contributed by atoms with Gasteiger partial charge in [0.05, 0.1) is 10.8 Å². The smallest absolute Gasteiger partial charge is 0.490 e. The molecule has 0 aliphatic rings. The van der Waals surface area contributed by atoms with Crippen LogP contribution in [0.25, 0.3) is 87.9 Å². The van der Waals surface area contributed by atoms with Crippen molar-refractivity contribution in [3.8, 4) is 22.8 Å². The molecule has 0 aliphatic heterocycles. The summed E-state index contributed by atoms with van der Waals surface area (Å²) in [6.45, 7) is 0. The lowest BCUT2D eigenvalue weighted by Crippen LogP contribution is -2.37. The molecule has 0 amide bonds. The maximum atomic E-state index is 14.7. The van der Waals surface area contributed by atoms with E-state index in [2.05, 4.69) is 19.9 Å². The molecule has 8 N–H and O–H groups in total. The summed E-state index contributed by atoms with van der Waals surface area (Å²) in [5, 5.41) is 65.3. The highest BCUT2D eigenvalue weighted by atomic mass is 19.4. The molecule has 54 heteroatoms. The number of aliphatic carboxylic acids is 8. The first kappa shape index (κ1) is 90.2. The number of carboxylic acid groups (broad SMARTS) is 8. The van der Waals surface area contributed by atoms with Crippen molar-refractivity contribution in [1.82, 2.24) is 9.97 Å². The van der Waals surface area contributed by atoms with Crippen LogP contribution in [-0.4, -0.2) is 138 Å². The van der Waals surface area contributed by atoms with Crippen molar-refractivity contribution >= 4 is 113 Å². The minimum atomic E-state index is -5.19. The molecular weight excluding hydrogens is 1560 g/mol. The lowest BCUT2D eigenvalue weighted by molar-refractivity contribution is -0.344. The first-order chi connectivity index (χ1) is 46.5. The minimum Gasteiger partial charge on any atom is -0.542 e. The Morgan fingerprint density at radius 1 is 0.269 bits per heavy atom. The van der Waals surface area contributed by atoms with Crippen molar-refractivity contribution in [2.45, 2.75) is 49.4 Å². The molecule has 9 aromatic rings. The molecule has 0 saturated carbocycles. The van der Waals surface area contributed by atoms with Gasteiger partial charge in [-0.15, -0.1) is 0 Å². The normalized spacial score (nSPS) is 11.8. The Morgan fingerprint density at radius 3 is 0.577 bits per heavy atom. The number of carboxylic acids is 8. The van der Waals surface area contributed by atoms with Gasteiger partial charge in [0.15, 0.2) is 57.6 Å². The number of hydrogen-bond acceptors (Lipinski definition) is 12. The fourth-order valence-electron chi connectivity index (χ4n) is 6.66. The monoisotopic (exact) mass is 1570 g/mol. The van der Waals surface area contributed by atoms with Gasteiger partial charge in [0.2, 0.25) is 11.6 Å². The molecule has 0 unspecified atom stereocenters.